The minimum absolute atomic E-state index is 0.464. The van der Waals surface area contributed by atoms with Crippen molar-refractivity contribution in [2.75, 3.05) is 11.5 Å². The smallest absolute Gasteiger partial charge is 0.155 e. The lowest BCUT2D eigenvalue weighted by atomic mass is 10.4. The van der Waals surface area contributed by atoms with E-state index < -0.39 is 0 Å². The molecule has 0 aliphatic carbocycles. The van der Waals surface area contributed by atoms with Gasteiger partial charge in [-0.05, 0) is 12.1 Å². The van der Waals surface area contributed by atoms with Gasteiger partial charge in [0, 0.05) is 0 Å². The molecule has 0 atom stereocenters. The Morgan fingerprint density at radius 1 is 1.23 bits per heavy atom. The van der Waals surface area contributed by atoms with Gasteiger partial charge in [0.05, 0.1) is 18.1 Å². The maximum atomic E-state index is 5.52. The molecule has 2 heterocycles. The van der Waals surface area contributed by atoms with E-state index in [2.05, 4.69) is 10.1 Å². The lowest BCUT2D eigenvalue weighted by molar-refractivity contribution is 0.849. The highest BCUT2D eigenvalue weighted by Crippen LogP contribution is 2.07. The molecule has 0 fully saturated rings. The first-order chi connectivity index (χ1) is 6.25. The molecule has 0 saturated carbocycles. The van der Waals surface area contributed by atoms with Crippen molar-refractivity contribution >= 4 is 11.5 Å². The van der Waals surface area contributed by atoms with Gasteiger partial charge in [0.1, 0.15) is 5.82 Å². The number of hydrogen-bond donors (Lipinski definition) is 2. The second-order valence-corrected chi connectivity index (χ2v) is 2.64. The number of nitrogens with two attached hydrogens (primary N) is 2. The number of nitrogens with zero attached hydrogens (tertiary/aromatic N) is 3. The van der Waals surface area contributed by atoms with Gasteiger partial charge in [-0.2, -0.15) is 5.10 Å². The molecule has 0 aromatic carbocycles. The quantitative estimate of drug-likeness (QED) is 0.658. The van der Waals surface area contributed by atoms with Crippen molar-refractivity contribution in [2.24, 2.45) is 0 Å². The predicted octanol–water partition coefficient (Wildman–Crippen LogP) is 0.432. The molecule has 66 valence electrons. The topological polar surface area (TPSA) is 82.8 Å². The van der Waals surface area contributed by atoms with Crippen LogP contribution in [0.5, 0.6) is 0 Å². The Bertz CT molecular complexity index is 420. The van der Waals surface area contributed by atoms with Crippen LogP contribution in [0.25, 0.3) is 5.82 Å². The summed E-state index contributed by atoms with van der Waals surface area (Å²) in [6.45, 7) is 0. The largest absolute Gasteiger partial charge is 0.396 e. The van der Waals surface area contributed by atoms with Crippen LogP contribution in [-0.4, -0.2) is 14.8 Å². The Morgan fingerprint density at radius 3 is 2.69 bits per heavy atom. The molecule has 2 rings (SSSR count). The Balaban J connectivity index is 2.46. The average Bonchev–Trinajstić information content (AvgIpc) is 2.52. The Kier molecular flexibility index (Phi) is 1.63. The predicted molar refractivity (Wildman–Crippen MR) is 50.2 cm³/mol. The Morgan fingerprint density at radius 2 is 2.08 bits per heavy atom. The minimum Gasteiger partial charge on any atom is -0.396 e. The second-order valence-electron chi connectivity index (χ2n) is 2.64. The molecule has 0 saturated heterocycles. The summed E-state index contributed by atoms with van der Waals surface area (Å²) in [4.78, 5) is 4.08. The first kappa shape index (κ1) is 7.60. The number of pyridine rings is 1. The van der Waals surface area contributed by atoms with Gasteiger partial charge in [-0.25, -0.2) is 9.67 Å². The molecule has 2 aromatic rings. The monoisotopic (exact) mass is 175 g/mol. The fourth-order valence-corrected chi connectivity index (χ4v) is 1.03. The van der Waals surface area contributed by atoms with E-state index in [4.69, 9.17) is 11.5 Å². The molecular weight excluding hydrogens is 166 g/mol. The standard InChI is InChI=1S/C8H9N5/c9-6-4-11-13(5-6)8-3-1-2-7(10)12-8/h1-5H,9H2,(H2,10,12). The van der Waals surface area contributed by atoms with Crippen molar-refractivity contribution in [3.05, 3.63) is 30.6 Å². The molecule has 0 aliphatic rings. The lowest BCUT2D eigenvalue weighted by Crippen LogP contribution is -1.99. The van der Waals surface area contributed by atoms with Gasteiger partial charge in [-0.1, -0.05) is 6.07 Å². The number of aromatic nitrogens is 3. The highest BCUT2D eigenvalue weighted by atomic mass is 15.3. The third-order valence-corrected chi connectivity index (χ3v) is 1.59. The molecule has 0 unspecified atom stereocenters. The van der Waals surface area contributed by atoms with E-state index in [1.54, 1.807) is 23.1 Å². The fraction of sp³-hybridized carbons (Fsp3) is 0. The highest BCUT2D eigenvalue weighted by molar-refractivity contribution is 5.38. The van der Waals surface area contributed by atoms with Gasteiger partial charge in [0.15, 0.2) is 5.82 Å². The van der Waals surface area contributed by atoms with Crippen molar-refractivity contribution in [1.82, 2.24) is 14.8 Å². The summed E-state index contributed by atoms with van der Waals surface area (Å²) in [5.74, 6) is 1.13. The summed E-state index contributed by atoms with van der Waals surface area (Å²) in [6.07, 6.45) is 3.24. The summed E-state index contributed by atoms with van der Waals surface area (Å²) < 4.78 is 1.58. The van der Waals surface area contributed by atoms with Gasteiger partial charge in [0.2, 0.25) is 0 Å². The first-order valence-electron chi connectivity index (χ1n) is 3.79. The molecule has 5 nitrogen and oxygen atoms in total. The molecule has 5 heteroatoms. The van der Waals surface area contributed by atoms with E-state index in [0.29, 0.717) is 17.3 Å². The van der Waals surface area contributed by atoms with Crippen LogP contribution in [0.2, 0.25) is 0 Å². The number of nitrogen functional groups attached to an aromatic ring is 2. The summed E-state index contributed by atoms with van der Waals surface area (Å²) in [6, 6.07) is 5.34. The Hall–Kier alpha value is -2.04. The van der Waals surface area contributed by atoms with Crippen LogP contribution in [0.3, 0.4) is 0 Å². The highest BCUT2D eigenvalue weighted by Gasteiger charge is 1.98. The molecule has 2 aromatic heterocycles. The zero-order chi connectivity index (χ0) is 9.26. The van der Waals surface area contributed by atoms with Gasteiger partial charge in [-0.3, -0.25) is 0 Å². The zero-order valence-electron chi connectivity index (χ0n) is 6.88. The van der Waals surface area contributed by atoms with Crippen molar-refractivity contribution in [3.8, 4) is 5.82 Å². The summed E-state index contributed by atoms with van der Waals surface area (Å²) in [7, 11) is 0. The van der Waals surface area contributed by atoms with Crippen molar-refractivity contribution in [3.63, 3.8) is 0 Å². The van der Waals surface area contributed by atoms with Crippen molar-refractivity contribution in [1.29, 1.82) is 0 Å². The summed E-state index contributed by atoms with van der Waals surface area (Å²) in [5, 5.41) is 4.00. The van der Waals surface area contributed by atoms with Gasteiger partial charge < -0.3 is 11.5 Å². The minimum atomic E-state index is 0.464. The fourth-order valence-electron chi connectivity index (χ4n) is 1.03. The first-order valence-corrected chi connectivity index (χ1v) is 3.79. The van der Waals surface area contributed by atoms with Crippen molar-refractivity contribution in [2.45, 2.75) is 0 Å². The number of hydrogen-bond acceptors (Lipinski definition) is 4. The van der Waals surface area contributed by atoms with Crippen LogP contribution in [-0.2, 0) is 0 Å². The second kappa shape index (κ2) is 2.78. The van der Waals surface area contributed by atoms with E-state index in [0.717, 1.165) is 0 Å². The number of anilines is 2. The van der Waals surface area contributed by atoms with Crippen LogP contribution in [0.15, 0.2) is 30.6 Å². The molecular formula is C8H9N5. The van der Waals surface area contributed by atoms with E-state index in [-0.39, 0.29) is 0 Å². The summed E-state index contributed by atoms with van der Waals surface area (Å²) in [5.41, 5.74) is 11.6. The van der Waals surface area contributed by atoms with Crippen LogP contribution < -0.4 is 11.5 Å². The van der Waals surface area contributed by atoms with Gasteiger partial charge in [-0.15, -0.1) is 0 Å². The molecule has 4 N–H and O–H groups in total. The molecule has 0 spiro atoms. The molecule has 13 heavy (non-hydrogen) atoms. The van der Waals surface area contributed by atoms with Crippen LogP contribution >= 0.6 is 0 Å². The van der Waals surface area contributed by atoms with Crippen LogP contribution in [0.1, 0.15) is 0 Å². The maximum absolute atomic E-state index is 5.52. The van der Waals surface area contributed by atoms with E-state index in [1.165, 1.54) is 0 Å². The molecule has 0 bridgehead atoms. The molecule has 0 radical (unpaired) electrons. The SMILES string of the molecule is Nc1cnn(-c2cccc(N)n2)c1. The van der Waals surface area contributed by atoms with Gasteiger partial charge in [0.25, 0.3) is 0 Å². The van der Waals surface area contributed by atoms with Crippen molar-refractivity contribution < 1.29 is 0 Å². The van der Waals surface area contributed by atoms with Crippen LogP contribution in [0.4, 0.5) is 11.5 Å². The third kappa shape index (κ3) is 1.44. The van der Waals surface area contributed by atoms with Crippen LogP contribution in [0, 0.1) is 0 Å². The molecule has 0 aliphatic heterocycles. The average molecular weight is 175 g/mol. The third-order valence-electron chi connectivity index (χ3n) is 1.59. The Labute approximate surface area is 75.0 Å². The molecule has 0 amide bonds. The zero-order valence-corrected chi connectivity index (χ0v) is 6.88. The van der Waals surface area contributed by atoms with E-state index >= 15 is 0 Å². The van der Waals surface area contributed by atoms with Gasteiger partial charge >= 0.3 is 0 Å². The van der Waals surface area contributed by atoms with E-state index in [1.807, 2.05) is 12.1 Å². The lowest BCUT2D eigenvalue weighted by Gasteiger charge is -1.99. The summed E-state index contributed by atoms with van der Waals surface area (Å²) >= 11 is 0. The normalized spacial score (nSPS) is 10.2. The maximum Gasteiger partial charge on any atom is 0.155 e. The van der Waals surface area contributed by atoms with E-state index in [9.17, 15) is 0 Å². The number of rotatable bonds is 1.